The molecule has 0 saturated heterocycles. The van der Waals surface area contributed by atoms with Gasteiger partial charge >= 0.3 is 0 Å². The van der Waals surface area contributed by atoms with E-state index in [0.717, 1.165) is 41.6 Å². The van der Waals surface area contributed by atoms with Crippen LogP contribution in [0.4, 0.5) is 11.4 Å². The number of amides is 1. The lowest BCUT2D eigenvalue weighted by Gasteiger charge is -2.32. The van der Waals surface area contributed by atoms with Crippen LogP contribution in [0, 0.1) is 19.8 Å². The molecule has 6 heteroatoms. The lowest BCUT2D eigenvalue weighted by atomic mass is 9.84. The van der Waals surface area contributed by atoms with E-state index in [0.29, 0.717) is 12.1 Å². The third kappa shape index (κ3) is 3.41. The lowest BCUT2D eigenvalue weighted by molar-refractivity contribution is -0.125. The van der Waals surface area contributed by atoms with Crippen LogP contribution in [0.15, 0.2) is 41.3 Å². The highest BCUT2D eigenvalue weighted by Crippen LogP contribution is 2.38. The minimum Gasteiger partial charge on any atom is -0.309 e. The molecule has 0 spiro atoms. The van der Waals surface area contributed by atoms with Crippen LogP contribution < -0.4 is 9.62 Å². The number of carbonyl (C=O) groups is 1. The van der Waals surface area contributed by atoms with Gasteiger partial charge in [0, 0.05) is 23.3 Å². The van der Waals surface area contributed by atoms with Crippen LogP contribution in [-0.2, 0) is 21.2 Å². The molecule has 1 saturated carbocycles. The Hall–Kier alpha value is -2.34. The number of hydrogen-bond acceptors (Lipinski definition) is 3. The molecule has 2 aliphatic rings. The molecule has 1 fully saturated rings. The van der Waals surface area contributed by atoms with Gasteiger partial charge in [-0.2, -0.15) is 0 Å². The molecule has 4 rings (SSSR count). The molecular weight excluding hydrogens is 372 g/mol. The monoisotopic (exact) mass is 398 g/mol. The maximum absolute atomic E-state index is 12.9. The van der Waals surface area contributed by atoms with Crippen LogP contribution in [0.5, 0.6) is 0 Å². The molecule has 0 unspecified atom stereocenters. The molecule has 0 bridgehead atoms. The normalized spacial score (nSPS) is 19.2. The predicted molar refractivity (Wildman–Crippen MR) is 111 cm³/mol. The van der Waals surface area contributed by atoms with Gasteiger partial charge in [-0.25, -0.2) is 8.42 Å². The van der Waals surface area contributed by atoms with Crippen LogP contribution in [-0.4, -0.2) is 20.4 Å². The van der Waals surface area contributed by atoms with E-state index in [9.17, 15) is 13.2 Å². The Morgan fingerprint density at radius 1 is 1.07 bits per heavy atom. The predicted octanol–water partition coefficient (Wildman–Crippen LogP) is 4.18. The minimum atomic E-state index is -3.69. The second-order valence-electron chi connectivity index (χ2n) is 8.16. The van der Waals surface area contributed by atoms with Gasteiger partial charge in [-0.05, 0) is 87.1 Å². The number of rotatable bonds is 4. The zero-order valence-electron chi connectivity index (χ0n) is 16.5. The topological polar surface area (TPSA) is 66.5 Å². The first-order valence-electron chi connectivity index (χ1n) is 9.82. The highest BCUT2D eigenvalue weighted by molar-refractivity contribution is 7.92. The van der Waals surface area contributed by atoms with E-state index in [4.69, 9.17) is 0 Å². The van der Waals surface area contributed by atoms with Crippen molar-refractivity contribution in [3.05, 3.63) is 53.1 Å². The highest BCUT2D eigenvalue weighted by Gasteiger charge is 2.37. The summed E-state index contributed by atoms with van der Waals surface area (Å²) in [7, 11) is -3.69. The molecule has 1 amide bonds. The maximum atomic E-state index is 12.9. The molecule has 0 radical (unpaired) electrons. The summed E-state index contributed by atoms with van der Waals surface area (Å²) in [4.78, 5) is 14.9. The molecule has 1 N–H and O–H groups in total. The highest BCUT2D eigenvalue weighted by atomic mass is 32.2. The van der Waals surface area contributed by atoms with Crippen molar-refractivity contribution in [2.75, 3.05) is 9.62 Å². The Bertz CT molecular complexity index is 1020. The fourth-order valence-electron chi connectivity index (χ4n) is 4.21. The van der Waals surface area contributed by atoms with Crippen molar-refractivity contribution in [3.63, 3.8) is 0 Å². The average Bonchev–Trinajstić information content (AvgIpc) is 2.86. The summed E-state index contributed by atoms with van der Waals surface area (Å²) >= 11 is 0. The standard InChI is InChI=1S/C22H26N2O3S/c1-14-9-15(2)11-19(10-14)23-28(26,27)20-7-8-21-18(13-20)12-16(3)24(21)22(25)17-5-4-6-17/h7-11,13,16-17,23H,4-6,12H2,1-3H3/t16-/m0/s1. The smallest absolute Gasteiger partial charge is 0.261 e. The largest absolute Gasteiger partial charge is 0.309 e. The first-order chi connectivity index (χ1) is 13.2. The van der Waals surface area contributed by atoms with E-state index in [1.165, 1.54) is 0 Å². The molecule has 1 aliphatic heterocycles. The summed E-state index contributed by atoms with van der Waals surface area (Å²) in [6, 6.07) is 10.8. The number of sulfonamides is 1. The van der Waals surface area contributed by atoms with Crippen molar-refractivity contribution in [1.82, 2.24) is 0 Å². The summed E-state index contributed by atoms with van der Waals surface area (Å²) < 4.78 is 28.5. The summed E-state index contributed by atoms with van der Waals surface area (Å²) in [6.07, 6.45) is 3.72. The Morgan fingerprint density at radius 2 is 1.75 bits per heavy atom. The van der Waals surface area contributed by atoms with Gasteiger partial charge in [-0.3, -0.25) is 9.52 Å². The number of carbonyl (C=O) groups excluding carboxylic acids is 1. The number of benzene rings is 2. The van der Waals surface area contributed by atoms with E-state index in [1.807, 2.05) is 43.9 Å². The van der Waals surface area contributed by atoms with E-state index in [2.05, 4.69) is 4.72 Å². The zero-order valence-corrected chi connectivity index (χ0v) is 17.3. The van der Waals surface area contributed by atoms with Crippen LogP contribution in [0.1, 0.15) is 42.9 Å². The second-order valence-corrected chi connectivity index (χ2v) is 9.84. The van der Waals surface area contributed by atoms with Crippen molar-refractivity contribution in [2.24, 2.45) is 5.92 Å². The summed E-state index contributed by atoms with van der Waals surface area (Å²) in [5, 5.41) is 0. The number of nitrogens with one attached hydrogen (secondary N) is 1. The first kappa shape index (κ1) is 19.0. The number of anilines is 2. The quantitative estimate of drug-likeness (QED) is 0.840. The van der Waals surface area contributed by atoms with Gasteiger partial charge in [0.2, 0.25) is 5.91 Å². The third-order valence-corrected chi connectivity index (χ3v) is 7.12. The van der Waals surface area contributed by atoms with Crippen LogP contribution in [0.2, 0.25) is 0 Å². The van der Waals surface area contributed by atoms with Gasteiger partial charge in [0.15, 0.2) is 0 Å². The lowest BCUT2D eigenvalue weighted by Crippen LogP contribution is -2.42. The number of aryl methyl sites for hydroxylation is 2. The Kier molecular flexibility index (Phi) is 4.70. The Morgan fingerprint density at radius 3 is 2.36 bits per heavy atom. The summed E-state index contributed by atoms with van der Waals surface area (Å²) in [5.41, 5.74) is 4.35. The summed E-state index contributed by atoms with van der Waals surface area (Å²) in [5.74, 6) is 0.310. The second kappa shape index (κ2) is 6.92. The van der Waals surface area contributed by atoms with Gasteiger partial charge in [0.25, 0.3) is 10.0 Å². The fraction of sp³-hybridized carbons (Fsp3) is 0.409. The van der Waals surface area contributed by atoms with Gasteiger partial charge < -0.3 is 4.90 Å². The van der Waals surface area contributed by atoms with Crippen LogP contribution in [0.3, 0.4) is 0 Å². The molecule has 1 aliphatic carbocycles. The summed E-state index contributed by atoms with van der Waals surface area (Å²) in [6.45, 7) is 5.91. The van der Waals surface area contributed by atoms with E-state index in [1.54, 1.807) is 18.2 Å². The van der Waals surface area contributed by atoms with E-state index in [-0.39, 0.29) is 22.8 Å². The first-order valence-corrected chi connectivity index (χ1v) is 11.3. The Balaban J connectivity index is 1.62. The van der Waals surface area contributed by atoms with Gasteiger partial charge in [0.1, 0.15) is 0 Å². The average molecular weight is 399 g/mol. The van der Waals surface area contributed by atoms with Crippen molar-refractivity contribution in [3.8, 4) is 0 Å². The van der Waals surface area contributed by atoms with Crippen LogP contribution >= 0.6 is 0 Å². The molecule has 28 heavy (non-hydrogen) atoms. The van der Waals surface area contributed by atoms with E-state index < -0.39 is 10.0 Å². The fourth-order valence-corrected chi connectivity index (χ4v) is 5.30. The minimum absolute atomic E-state index is 0.0634. The van der Waals surface area contributed by atoms with E-state index >= 15 is 0 Å². The maximum Gasteiger partial charge on any atom is 0.261 e. The molecule has 2 aromatic rings. The van der Waals surface area contributed by atoms with Crippen molar-refractivity contribution in [1.29, 1.82) is 0 Å². The molecule has 1 atom stereocenters. The molecule has 148 valence electrons. The third-order valence-electron chi connectivity index (χ3n) is 5.74. The zero-order chi connectivity index (χ0) is 20.1. The molecule has 2 aromatic carbocycles. The van der Waals surface area contributed by atoms with Gasteiger partial charge in [0.05, 0.1) is 4.90 Å². The van der Waals surface area contributed by atoms with Crippen molar-refractivity contribution < 1.29 is 13.2 Å². The van der Waals surface area contributed by atoms with Gasteiger partial charge in [-0.15, -0.1) is 0 Å². The van der Waals surface area contributed by atoms with Crippen molar-refractivity contribution in [2.45, 2.75) is 57.4 Å². The molecule has 1 heterocycles. The van der Waals surface area contributed by atoms with Crippen LogP contribution in [0.25, 0.3) is 0 Å². The van der Waals surface area contributed by atoms with Gasteiger partial charge in [-0.1, -0.05) is 12.5 Å². The molecule has 5 nitrogen and oxygen atoms in total. The number of nitrogens with zero attached hydrogens (tertiary/aromatic N) is 1. The number of fused-ring (bicyclic) bond motifs is 1. The number of hydrogen-bond donors (Lipinski definition) is 1. The SMILES string of the molecule is Cc1cc(C)cc(NS(=O)(=O)c2ccc3c(c2)C[C@H](C)N3C(=O)C2CCC2)c1. The van der Waals surface area contributed by atoms with Crippen molar-refractivity contribution >= 4 is 27.3 Å². The molecule has 0 aromatic heterocycles. The molecular formula is C22H26N2O3S. The Labute approximate surface area is 166 Å².